The number of hydrogen-bond donors (Lipinski definition) is 1. The summed E-state index contributed by atoms with van der Waals surface area (Å²) in [6.45, 7) is 2.25. The fraction of sp³-hybridized carbons (Fsp3) is 0.929. The van der Waals surface area contributed by atoms with Gasteiger partial charge in [0.25, 0.3) is 0 Å². The van der Waals surface area contributed by atoms with Crippen molar-refractivity contribution in [3.63, 3.8) is 0 Å². The molecular formula is C14H31KO2Se. The molecule has 0 bridgehead atoms. The molecule has 0 atom stereocenters. The van der Waals surface area contributed by atoms with Crippen LogP contribution in [-0.2, 0) is 4.79 Å². The molecule has 0 aromatic carbocycles. The predicted molar refractivity (Wildman–Crippen MR) is 78.4 cm³/mol. The molecule has 0 fully saturated rings. The molecule has 2 nitrogen and oxygen atoms in total. The van der Waals surface area contributed by atoms with Gasteiger partial charge >= 0.3 is 74.4 Å². The molecule has 0 rings (SSSR count). The van der Waals surface area contributed by atoms with Crippen LogP contribution in [0.25, 0.3) is 0 Å². The molecule has 0 aliphatic rings. The van der Waals surface area contributed by atoms with E-state index in [1.807, 2.05) is 0 Å². The zero-order chi connectivity index (χ0) is 12.1. The van der Waals surface area contributed by atoms with Crippen LogP contribution in [0.5, 0.6) is 0 Å². The quantitative estimate of drug-likeness (QED) is 0.421. The summed E-state index contributed by atoms with van der Waals surface area (Å²) >= 11 is 0. The molecule has 0 aromatic heterocycles. The van der Waals surface area contributed by atoms with E-state index < -0.39 is 5.97 Å². The van der Waals surface area contributed by atoms with Gasteiger partial charge in [-0.05, 0) is 6.42 Å². The zero-order valence-electron chi connectivity index (χ0n) is 13.3. The summed E-state index contributed by atoms with van der Waals surface area (Å²) in [4.78, 5) is 10.3. The van der Waals surface area contributed by atoms with Crippen molar-refractivity contribution in [1.29, 1.82) is 0 Å². The van der Waals surface area contributed by atoms with Crippen molar-refractivity contribution >= 4 is 23.0 Å². The molecule has 0 aliphatic carbocycles. The van der Waals surface area contributed by atoms with Crippen molar-refractivity contribution in [2.75, 3.05) is 0 Å². The number of carboxylic acids is 1. The number of hydrogen-bond acceptors (Lipinski definition) is 1. The van der Waals surface area contributed by atoms with E-state index in [4.69, 9.17) is 5.11 Å². The predicted octanol–water partition coefficient (Wildman–Crippen LogP) is 0.972. The molecule has 0 heterocycles. The summed E-state index contributed by atoms with van der Waals surface area (Å²) in [7, 11) is 0. The van der Waals surface area contributed by atoms with Crippen molar-refractivity contribution in [3.05, 3.63) is 0 Å². The Bertz CT molecular complexity index is 172. The third kappa shape index (κ3) is 22.8. The van der Waals surface area contributed by atoms with Gasteiger partial charge in [0.15, 0.2) is 0 Å². The number of unbranched alkanes of at least 4 members (excludes halogenated alkanes) is 10. The Morgan fingerprint density at radius 1 is 0.833 bits per heavy atom. The van der Waals surface area contributed by atoms with Crippen molar-refractivity contribution in [2.24, 2.45) is 0 Å². The molecule has 18 heavy (non-hydrogen) atoms. The third-order valence-corrected chi connectivity index (χ3v) is 2.99. The Hall–Kier alpha value is 1.63. The molecule has 4 heteroatoms. The first-order valence-electron chi connectivity index (χ1n) is 6.99. The van der Waals surface area contributed by atoms with E-state index in [1.54, 1.807) is 0 Å². The van der Waals surface area contributed by atoms with Gasteiger partial charge in [-0.3, -0.25) is 4.79 Å². The first-order chi connectivity index (χ1) is 7.77. The Kier molecular flexibility index (Phi) is 28.6. The number of carboxylic acid groups (broad SMARTS) is 1. The van der Waals surface area contributed by atoms with E-state index in [1.165, 1.54) is 57.8 Å². The standard InChI is InChI=1S/C14H28O2.K.H2Se.H/c1-2-3-4-5-6-7-8-9-10-11-12-13-14(15)16;;;/h2-13H2,1H3,(H,15,16);;1H2;/q;+1;;-1. The van der Waals surface area contributed by atoms with Gasteiger partial charge in [0.05, 0.1) is 0 Å². The van der Waals surface area contributed by atoms with Gasteiger partial charge in [-0.1, -0.05) is 71.1 Å². The van der Waals surface area contributed by atoms with Gasteiger partial charge < -0.3 is 6.53 Å². The van der Waals surface area contributed by atoms with Crippen LogP contribution >= 0.6 is 0 Å². The summed E-state index contributed by atoms with van der Waals surface area (Å²) in [5.41, 5.74) is 0. The molecule has 0 saturated heterocycles. The van der Waals surface area contributed by atoms with Crippen LogP contribution in [-0.4, -0.2) is 28.1 Å². The summed E-state index contributed by atoms with van der Waals surface area (Å²) in [5, 5.41) is 8.46. The van der Waals surface area contributed by atoms with E-state index in [0.29, 0.717) is 6.42 Å². The maximum absolute atomic E-state index is 10.3. The average Bonchev–Trinajstić information content (AvgIpc) is 2.25. The molecular weight excluding hydrogens is 318 g/mol. The van der Waals surface area contributed by atoms with Crippen LogP contribution in [0.4, 0.5) is 0 Å². The number of rotatable bonds is 12. The Morgan fingerprint density at radius 2 is 1.17 bits per heavy atom. The van der Waals surface area contributed by atoms with Gasteiger partial charge in [0.1, 0.15) is 0 Å². The van der Waals surface area contributed by atoms with Crippen LogP contribution in [0.15, 0.2) is 0 Å². The molecule has 0 unspecified atom stereocenters. The maximum atomic E-state index is 10.3. The molecule has 0 spiro atoms. The van der Waals surface area contributed by atoms with Crippen LogP contribution in [0.2, 0.25) is 0 Å². The summed E-state index contributed by atoms with van der Waals surface area (Å²) in [5.74, 6) is -0.657. The molecule has 1 N–H and O–H groups in total. The van der Waals surface area contributed by atoms with Gasteiger partial charge in [-0.15, -0.1) is 0 Å². The normalized spacial score (nSPS) is 9.39. The molecule has 0 radical (unpaired) electrons. The van der Waals surface area contributed by atoms with E-state index in [2.05, 4.69) is 6.92 Å². The van der Waals surface area contributed by atoms with E-state index >= 15 is 0 Å². The van der Waals surface area contributed by atoms with E-state index in [9.17, 15) is 4.79 Å². The van der Waals surface area contributed by atoms with E-state index in [0.717, 1.165) is 12.8 Å². The first kappa shape index (κ1) is 24.6. The molecule has 0 amide bonds. The Labute approximate surface area is 167 Å². The third-order valence-electron chi connectivity index (χ3n) is 2.99. The van der Waals surface area contributed by atoms with Crippen LogP contribution in [0.1, 0.15) is 85.4 Å². The fourth-order valence-electron chi connectivity index (χ4n) is 1.94. The van der Waals surface area contributed by atoms with Gasteiger partial charge in [-0.2, -0.15) is 0 Å². The second kappa shape index (κ2) is 20.9. The van der Waals surface area contributed by atoms with Gasteiger partial charge in [-0.25, -0.2) is 0 Å². The SMILES string of the molecule is CCCCCCCCCCCCCC(=O)O.[H-].[K+].[SeH2]. The Morgan fingerprint density at radius 3 is 1.50 bits per heavy atom. The van der Waals surface area contributed by atoms with Crippen LogP contribution < -0.4 is 51.4 Å². The van der Waals surface area contributed by atoms with Crippen LogP contribution in [0, 0.1) is 0 Å². The zero-order valence-corrected chi connectivity index (χ0v) is 17.6. The van der Waals surface area contributed by atoms with Crippen molar-refractivity contribution in [2.45, 2.75) is 84.0 Å². The second-order valence-corrected chi connectivity index (χ2v) is 4.68. The molecule has 0 saturated carbocycles. The summed E-state index contributed by atoms with van der Waals surface area (Å²) in [6.07, 6.45) is 14.4. The molecule has 0 aliphatic heterocycles. The van der Waals surface area contributed by atoms with Crippen LogP contribution in [0.3, 0.4) is 0 Å². The minimum atomic E-state index is -0.657. The molecule has 0 aromatic rings. The minimum absolute atomic E-state index is 0. The van der Waals surface area contributed by atoms with Gasteiger partial charge in [0.2, 0.25) is 0 Å². The topological polar surface area (TPSA) is 37.3 Å². The summed E-state index contributed by atoms with van der Waals surface area (Å²) in [6, 6.07) is 0. The van der Waals surface area contributed by atoms with Gasteiger partial charge in [0, 0.05) is 6.42 Å². The average molecular weight is 349 g/mol. The van der Waals surface area contributed by atoms with Crippen molar-refractivity contribution in [3.8, 4) is 0 Å². The first-order valence-corrected chi connectivity index (χ1v) is 6.99. The Balaban J connectivity index is -0.000000375. The second-order valence-electron chi connectivity index (χ2n) is 4.68. The number of carbonyl (C=O) groups is 1. The molecule has 106 valence electrons. The van der Waals surface area contributed by atoms with Crippen molar-refractivity contribution < 1.29 is 62.7 Å². The fourth-order valence-corrected chi connectivity index (χ4v) is 1.94. The van der Waals surface area contributed by atoms with Crippen molar-refractivity contribution in [1.82, 2.24) is 0 Å². The van der Waals surface area contributed by atoms with E-state index in [-0.39, 0.29) is 69.9 Å². The monoisotopic (exact) mass is 350 g/mol. The summed E-state index contributed by atoms with van der Waals surface area (Å²) < 4.78 is 0. The number of aliphatic carboxylic acids is 1.